The van der Waals surface area contributed by atoms with Crippen molar-refractivity contribution < 1.29 is 14.6 Å². The maximum atomic E-state index is 10.1. The van der Waals surface area contributed by atoms with Gasteiger partial charge in [0.1, 0.15) is 0 Å². The van der Waals surface area contributed by atoms with Crippen LogP contribution in [0.5, 0.6) is 0 Å². The molecule has 0 aliphatic heterocycles. The number of carboxylic acid groups (broad SMARTS) is 1. The van der Waals surface area contributed by atoms with E-state index in [1.165, 1.54) is 11.8 Å². The van der Waals surface area contributed by atoms with Crippen LogP contribution in [0.4, 0.5) is 0 Å². The van der Waals surface area contributed by atoms with Crippen molar-refractivity contribution >= 4 is 17.7 Å². The lowest BCUT2D eigenvalue weighted by molar-refractivity contribution is -0.133. The maximum absolute atomic E-state index is 10.1. The highest BCUT2D eigenvalue weighted by atomic mass is 32.2. The molecule has 72 valence electrons. The van der Waals surface area contributed by atoms with Gasteiger partial charge in [0.15, 0.2) is 0 Å². The Hall–Kier alpha value is -0.220. The van der Waals surface area contributed by atoms with Crippen molar-refractivity contribution in [3.8, 4) is 0 Å². The molecule has 0 spiro atoms. The standard InChI is InChI=1S/C8H16O3S/c1-8(2,11-3)4-5-12-6-7(9)10/h4-6H2,1-3H3,(H,9,10). The highest BCUT2D eigenvalue weighted by Gasteiger charge is 2.15. The largest absolute Gasteiger partial charge is 0.481 e. The first kappa shape index (κ1) is 11.8. The Morgan fingerprint density at radius 2 is 2.17 bits per heavy atom. The number of carbonyl (C=O) groups is 1. The van der Waals surface area contributed by atoms with Gasteiger partial charge < -0.3 is 9.84 Å². The van der Waals surface area contributed by atoms with Gasteiger partial charge in [-0.15, -0.1) is 0 Å². The zero-order chi connectivity index (χ0) is 9.61. The van der Waals surface area contributed by atoms with Gasteiger partial charge in [-0.3, -0.25) is 4.79 Å². The van der Waals surface area contributed by atoms with Crippen molar-refractivity contribution in [2.24, 2.45) is 0 Å². The number of carboxylic acids is 1. The van der Waals surface area contributed by atoms with Gasteiger partial charge in [0.2, 0.25) is 0 Å². The average molecular weight is 192 g/mol. The third-order valence-electron chi connectivity index (χ3n) is 1.63. The fourth-order valence-corrected chi connectivity index (χ4v) is 1.53. The van der Waals surface area contributed by atoms with Crippen LogP contribution < -0.4 is 0 Å². The van der Waals surface area contributed by atoms with Gasteiger partial charge in [0, 0.05) is 7.11 Å². The summed E-state index contributed by atoms with van der Waals surface area (Å²) in [5, 5.41) is 8.35. The summed E-state index contributed by atoms with van der Waals surface area (Å²) in [6.45, 7) is 3.99. The molecule has 0 aromatic carbocycles. The van der Waals surface area contributed by atoms with Crippen molar-refractivity contribution in [1.82, 2.24) is 0 Å². The number of aliphatic carboxylic acids is 1. The predicted molar refractivity (Wildman–Crippen MR) is 50.7 cm³/mol. The number of methoxy groups -OCH3 is 1. The van der Waals surface area contributed by atoms with Crippen molar-refractivity contribution in [2.45, 2.75) is 25.9 Å². The molecule has 0 aromatic heterocycles. The Kier molecular flexibility index (Phi) is 5.33. The molecule has 0 aliphatic carbocycles. The number of rotatable bonds is 6. The van der Waals surface area contributed by atoms with Crippen molar-refractivity contribution in [2.75, 3.05) is 18.6 Å². The van der Waals surface area contributed by atoms with Gasteiger partial charge in [-0.1, -0.05) is 0 Å². The second-order valence-corrected chi connectivity index (χ2v) is 4.27. The van der Waals surface area contributed by atoms with E-state index in [1.807, 2.05) is 13.8 Å². The van der Waals surface area contributed by atoms with Gasteiger partial charge in [-0.25, -0.2) is 0 Å². The second-order valence-electron chi connectivity index (χ2n) is 3.16. The number of hydrogen-bond donors (Lipinski definition) is 1. The highest BCUT2D eigenvalue weighted by molar-refractivity contribution is 7.99. The average Bonchev–Trinajstić information content (AvgIpc) is 1.98. The quantitative estimate of drug-likeness (QED) is 0.650. The molecule has 12 heavy (non-hydrogen) atoms. The first-order valence-electron chi connectivity index (χ1n) is 3.82. The number of hydrogen-bond acceptors (Lipinski definition) is 3. The van der Waals surface area contributed by atoms with Crippen LogP contribution in [0, 0.1) is 0 Å². The van der Waals surface area contributed by atoms with Crippen molar-refractivity contribution in [3.63, 3.8) is 0 Å². The summed E-state index contributed by atoms with van der Waals surface area (Å²) in [7, 11) is 1.67. The molecular weight excluding hydrogens is 176 g/mol. The summed E-state index contributed by atoms with van der Waals surface area (Å²) in [5.74, 6) is 0.252. The molecule has 0 aromatic rings. The summed E-state index contributed by atoms with van der Waals surface area (Å²) in [4.78, 5) is 10.1. The Bertz CT molecular complexity index is 145. The minimum Gasteiger partial charge on any atom is -0.481 e. The molecule has 0 saturated carbocycles. The summed E-state index contributed by atoms with van der Waals surface area (Å²) < 4.78 is 5.18. The minimum atomic E-state index is -0.754. The van der Waals surface area contributed by atoms with Crippen LogP contribution in [0.1, 0.15) is 20.3 Å². The second kappa shape index (κ2) is 5.43. The topological polar surface area (TPSA) is 46.5 Å². The molecule has 0 heterocycles. The molecule has 4 heteroatoms. The molecule has 0 fully saturated rings. The lowest BCUT2D eigenvalue weighted by Gasteiger charge is -2.22. The normalized spacial score (nSPS) is 11.6. The van der Waals surface area contributed by atoms with E-state index in [2.05, 4.69) is 0 Å². The highest BCUT2D eigenvalue weighted by Crippen LogP contribution is 2.16. The molecule has 0 rings (SSSR count). The van der Waals surface area contributed by atoms with E-state index in [9.17, 15) is 4.79 Å². The van der Waals surface area contributed by atoms with Crippen LogP contribution in [0.3, 0.4) is 0 Å². The smallest absolute Gasteiger partial charge is 0.313 e. The van der Waals surface area contributed by atoms with Crippen LogP contribution in [-0.4, -0.2) is 35.3 Å². The first-order valence-corrected chi connectivity index (χ1v) is 4.98. The minimum absolute atomic E-state index is 0.133. The molecule has 0 radical (unpaired) electrons. The van der Waals surface area contributed by atoms with Gasteiger partial charge in [-0.2, -0.15) is 11.8 Å². The summed E-state index contributed by atoms with van der Waals surface area (Å²) >= 11 is 1.42. The number of ether oxygens (including phenoxy) is 1. The van der Waals surface area contributed by atoms with Crippen LogP contribution in [0.2, 0.25) is 0 Å². The van der Waals surface area contributed by atoms with E-state index in [0.717, 1.165) is 12.2 Å². The molecule has 3 nitrogen and oxygen atoms in total. The van der Waals surface area contributed by atoms with E-state index in [-0.39, 0.29) is 11.4 Å². The van der Waals surface area contributed by atoms with Gasteiger partial charge in [-0.05, 0) is 26.0 Å². The molecule has 0 aliphatic rings. The lowest BCUT2D eigenvalue weighted by atomic mass is 10.1. The van der Waals surface area contributed by atoms with Gasteiger partial charge >= 0.3 is 5.97 Å². The van der Waals surface area contributed by atoms with Crippen molar-refractivity contribution in [3.05, 3.63) is 0 Å². The van der Waals surface area contributed by atoms with Crippen LogP contribution >= 0.6 is 11.8 Å². The molecule has 0 amide bonds. The third kappa shape index (κ3) is 6.49. The summed E-state index contributed by atoms with van der Waals surface area (Å²) in [5.41, 5.74) is -0.133. The Morgan fingerprint density at radius 3 is 2.58 bits per heavy atom. The van der Waals surface area contributed by atoms with Crippen LogP contribution in [0.15, 0.2) is 0 Å². The Morgan fingerprint density at radius 1 is 1.58 bits per heavy atom. The van der Waals surface area contributed by atoms with Gasteiger partial charge in [0.05, 0.1) is 11.4 Å². The Balaban J connectivity index is 3.37. The zero-order valence-electron chi connectivity index (χ0n) is 7.79. The molecule has 1 N–H and O–H groups in total. The first-order chi connectivity index (χ1) is 5.48. The monoisotopic (exact) mass is 192 g/mol. The SMILES string of the molecule is COC(C)(C)CCSCC(=O)O. The fraction of sp³-hybridized carbons (Fsp3) is 0.875. The van der Waals surface area contributed by atoms with E-state index < -0.39 is 5.97 Å². The molecule has 0 saturated heterocycles. The van der Waals surface area contributed by atoms with E-state index >= 15 is 0 Å². The maximum Gasteiger partial charge on any atom is 0.313 e. The summed E-state index contributed by atoms with van der Waals surface area (Å²) in [6, 6.07) is 0. The van der Waals surface area contributed by atoms with E-state index in [4.69, 9.17) is 9.84 Å². The fourth-order valence-electron chi connectivity index (χ4n) is 0.580. The third-order valence-corrected chi connectivity index (χ3v) is 2.57. The molecule has 0 unspecified atom stereocenters. The van der Waals surface area contributed by atoms with Crippen molar-refractivity contribution in [1.29, 1.82) is 0 Å². The summed E-state index contributed by atoms with van der Waals surface area (Å²) in [6.07, 6.45) is 0.876. The number of thioether (sulfide) groups is 1. The van der Waals surface area contributed by atoms with Crippen LogP contribution in [0.25, 0.3) is 0 Å². The van der Waals surface area contributed by atoms with Crippen LogP contribution in [-0.2, 0) is 9.53 Å². The van der Waals surface area contributed by atoms with Gasteiger partial charge in [0.25, 0.3) is 0 Å². The Labute approximate surface area is 77.5 Å². The zero-order valence-corrected chi connectivity index (χ0v) is 8.61. The lowest BCUT2D eigenvalue weighted by Crippen LogP contribution is -2.23. The molecule has 0 atom stereocenters. The molecule has 0 bridgehead atoms. The predicted octanol–water partition coefficient (Wildman–Crippen LogP) is 1.62. The molecular formula is C8H16O3S. The van der Waals surface area contributed by atoms with E-state index in [1.54, 1.807) is 7.11 Å². The van der Waals surface area contributed by atoms with E-state index in [0.29, 0.717) is 0 Å².